The summed E-state index contributed by atoms with van der Waals surface area (Å²) in [6.45, 7) is 2.36. The van der Waals surface area contributed by atoms with Crippen molar-refractivity contribution < 1.29 is 14.3 Å². The first-order valence-electron chi connectivity index (χ1n) is 9.14. The lowest BCUT2D eigenvalue weighted by atomic mass is 10.2. The van der Waals surface area contributed by atoms with E-state index >= 15 is 0 Å². The molecule has 0 spiro atoms. The van der Waals surface area contributed by atoms with Crippen LogP contribution in [-0.4, -0.2) is 47.3 Å². The number of hydrogen-bond acceptors (Lipinski definition) is 4. The zero-order valence-electron chi connectivity index (χ0n) is 16.3. The topological polar surface area (TPSA) is 67.2 Å². The highest BCUT2D eigenvalue weighted by Gasteiger charge is 2.20. The quantitative estimate of drug-likeness (QED) is 0.563. The molecule has 2 aromatic heterocycles. The molecule has 0 bridgehead atoms. The first kappa shape index (κ1) is 19.4. The second-order valence-corrected chi connectivity index (χ2v) is 6.60. The summed E-state index contributed by atoms with van der Waals surface area (Å²) in [5, 5.41) is 0. The minimum absolute atomic E-state index is 0.0717. The molecule has 2 amide bonds. The maximum Gasteiger partial charge on any atom is 0.259 e. The molecule has 7 nitrogen and oxygen atoms in total. The van der Waals surface area contributed by atoms with E-state index in [1.54, 1.807) is 25.1 Å². The standard InChI is InChI=1S/C21H24N4O3/c1-4-17-21(24(15-26)13-16-9-6-5-7-10-16)25-12-8-11-18(20(25)22-17)28-14-19(27)23(2)3/h5-12,15H,4,13-14H2,1-3H3. The van der Waals surface area contributed by atoms with E-state index in [0.717, 1.165) is 17.7 Å². The average Bonchev–Trinajstić information content (AvgIpc) is 3.10. The summed E-state index contributed by atoms with van der Waals surface area (Å²) in [6.07, 6.45) is 3.32. The van der Waals surface area contributed by atoms with Crippen LogP contribution < -0.4 is 9.64 Å². The number of fused-ring (bicyclic) bond motifs is 1. The molecule has 0 radical (unpaired) electrons. The van der Waals surface area contributed by atoms with E-state index in [1.165, 1.54) is 4.90 Å². The van der Waals surface area contributed by atoms with E-state index < -0.39 is 0 Å². The van der Waals surface area contributed by atoms with Crippen LogP contribution in [-0.2, 0) is 22.6 Å². The molecule has 0 atom stereocenters. The fraction of sp³-hybridized carbons (Fsp3) is 0.286. The summed E-state index contributed by atoms with van der Waals surface area (Å²) in [6, 6.07) is 13.4. The molecule has 3 aromatic rings. The van der Waals surface area contributed by atoms with Crippen molar-refractivity contribution in [1.29, 1.82) is 0 Å². The van der Waals surface area contributed by atoms with E-state index in [9.17, 15) is 9.59 Å². The highest BCUT2D eigenvalue weighted by molar-refractivity contribution is 5.79. The SMILES string of the molecule is CCc1nc2c(OCC(=O)N(C)C)cccn2c1N(C=O)Cc1ccccc1. The number of rotatable bonds is 8. The molecule has 0 fully saturated rings. The molecular formula is C21H24N4O3. The molecule has 7 heteroatoms. The zero-order chi connectivity index (χ0) is 20.1. The Morgan fingerprint density at radius 2 is 1.93 bits per heavy atom. The number of nitrogens with zero attached hydrogens (tertiary/aromatic N) is 4. The van der Waals surface area contributed by atoms with Gasteiger partial charge in [0, 0.05) is 20.3 Å². The van der Waals surface area contributed by atoms with Crippen molar-refractivity contribution >= 4 is 23.8 Å². The third-order valence-corrected chi connectivity index (χ3v) is 4.44. The Bertz CT molecular complexity index is 966. The number of likely N-dealkylation sites (N-methyl/N-ethyl adjacent to an activating group) is 1. The Balaban J connectivity index is 1.98. The first-order valence-corrected chi connectivity index (χ1v) is 9.14. The molecule has 2 heterocycles. The third kappa shape index (κ3) is 3.98. The van der Waals surface area contributed by atoms with Gasteiger partial charge in [0.25, 0.3) is 5.91 Å². The third-order valence-electron chi connectivity index (χ3n) is 4.44. The molecule has 0 saturated heterocycles. The van der Waals surface area contributed by atoms with Gasteiger partial charge in [-0.1, -0.05) is 37.3 Å². The average molecular weight is 380 g/mol. The van der Waals surface area contributed by atoms with Crippen LogP contribution in [0.2, 0.25) is 0 Å². The summed E-state index contributed by atoms with van der Waals surface area (Å²) >= 11 is 0. The number of amides is 2. The second-order valence-electron chi connectivity index (χ2n) is 6.60. The maximum atomic E-state index is 11.9. The number of imidazole rings is 1. The number of aromatic nitrogens is 2. The number of carbonyl (C=O) groups is 2. The monoisotopic (exact) mass is 380 g/mol. The van der Waals surface area contributed by atoms with Gasteiger partial charge in [0.15, 0.2) is 18.0 Å². The molecule has 1 aromatic carbocycles. The summed E-state index contributed by atoms with van der Waals surface area (Å²) in [5.41, 5.74) is 2.40. The highest BCUT2D eigenvalue weighted by atomic mass is 16.5. The Morgan fingerprint density at radius 1 is 1.18 bits per heavy atom. The Kier molecular flexibility index (Phi) is 5.93. The van der Waals surface area contributed by atoms with Crippen molar-refractivity contribution in [3.8, 4) is 5.75 Å². The fourth-order valence-electron chi connectivity index (χ4n) is 2.94. The van der Waals surface area contributed by atoms with Crippen LogP contribution in [0.4, 0.5) is 5.82 Å². The van der Waals surface area contributed by atoms with Crippen LogP contribution in [0.5, 0.6) is 5.75 Å². The van der Waals surface area contributed by atoms with Crippen LogP contribution in [0.1, 0.15) is 18.2 Å². The molecule has 0 aliphatic carbocycles. The van der Waals surface area contributed by atoms with Crippen LogP contribution in [0.25, 0.3) is 5.65 Å². The number of benzene rings is 1. The molecule has 28 heavy (non-hydrogen) atoms. The largest absolute Gasteiger partial charge is 0.480 e. The summed E-state index contributed by atoms with van der Waals surface area (Å²) in [4.78, 5) is 31.5. The molecule has 0 aliphatic heterocycles. The van der Waals surface area contributed by atoms with Gasteiger partial charge in [-0.25, -0.2) is 4.98 Å². The predicted molar refractivity (Wildman–Crippen MR) is 107 cm³/mol. The molecule has 3 rings (SSSR count). The van der Waals surface area contributed by atoms with E-state index in [4.69, 9.17) is 4.74 Å². The Labute approximate surface area is 164 Å². The van der Waals surface area contributed by atoms with Crippen LogP contribution in [0, 0.1) is 0 Å². The van der Waals surface area contributed by atoms with Gasteiger partial charge in [-0.15, -0.1) is 0 Å². The van der Waals surface area contributed by atoms with Gasteiger partial charge >= 0.3 is 0 Å². The maximum absolute atomic E-state index is 11.9. The second kappa shape index (κ2) is 8.56. The predicted octanol–water partition coefficient (Wildman–Crippen LogP) is 2.53. The van der Waals surface area contributed by atoms with Crippen molar-refractivity contribution in [3.63, 3.8) is 0 Å². The van der Waals surface area contributed by atoms with Crippen molar-refractivity contribution in [2.75, 3.05) is 25.6 Å². The van der Waals surface area contributed by atoms with Crippen molar-refractivity contribution in [3.05, 3.63) is 59.9 Å². The fourth-order valence-corrected chi connectivity index (χ4v) is 2.94. The van der Waals surface area contributed by atoms with Gasteiger partial charge in [-0.2, -0.15) is 0 Å². The summed E-state index contributed by atoms with van der Waals surface area (Å²) in [7, 11) is 3.36. The lowest BCUT2D eigenvalue weighted by Gasteiger charge is -2.18. The van der Waals surface area contributed by atoms with E-state index in [0.29, 0.717) is 30.2 Å². The molecule has 0 aliphatic rings. The normalized spacial score (nSPS) is 10.7. The molecule has 0 saturated carbocycles. The Morgan fingerprint density at radius 3 is 2.57 bits per heavy atom. The number of hydrogen-bond donors (Lipinski definition) is 0. The number of pyridine rings is 1. The van der Waals surface area contributed by atoms with Gasteiger partial charge in [0.1, 0.15) is 5.82 Å². The number of aryl methyl sites for hydroxylation is 1. The van der Waals surface area contributed by atoms with Crippen LogP contribution in [0.3, 0.4) is 0 Å². The van der Waals surface area contributed by atoms with Crippen LogP contribution >= 0.6 is 0 Å². The Hall–Kier alpha value is -3.35. The van der Waals surface area contributed by atoms with Crippen LogP contribution in [0.15, 0.2) is 48.7 Å². The molecule has 0 unspecified atom stereocenters. The number of anilines is 1. The van der Waals surface area contributed by atoms with Gasteiger partial charge in [0.05, 0.1) is 12.2 Å². The molecule has 146 valence electrons. The molecule has 0 N–H and O–H groups in total. The molecular weight excluding hydrogens is 356 g/mol. The smallest absolute Gasteiger partial charge is 0.259 e. The van der Waals surface area contributed by atoms with Gasteiger partial charge in [-0.3, -0.25) is 18.9 Å². The number of ether oxygens (including phenoxy) is 1. The van der Waals surface area contributed by atoms with E-state index in [1.807, 2.05) is 53.9 Å². The van der Waals surface area contributed by atoms with Crippen molar-refractivity contribution in [2.24, 2.45) is 0 Å². The minimum atomic E-state index is -0.136. The van der Waals surface area contributed by atoms with Gasteiger partial charge in [-0.05, 0) is 24.1 Å². The van der Waals surface area contributed by atoms with Gasteiger partial charge in [0.2, 0.25) is 6.41 Å². The minimum Gasteiger partial charge on any atom is -0.480 e. The van der Waals surface area contributed by atoms with Gasteiger partial charge < -0.3 is 9.64 Å². The zero-order valence-corrected chi connectivity index (χ0v) is 16.3. The summed E-state index contributed by atoms with van der Waals surface area (Å²) in [5.74, 6) is 1.08. The van der Waals surface area contributed by atoms with E-state index in [-0.39, 0.29) is 12.5 Å². The number of carbonyl (C=O) groups excluding carboxylic acids is 2. The first-order chi connectivity index (χ1) is 13.5. The van der Waals surface area contributed by atoms with Crippen molar-refractivity contribution in [1.82, 2.24) is 14.3 Å². The summed E-state index contributed by atoms with van der Waals surface area (Å²) < 4.78 is 7.54. The van der Waals surface area contributed by atoms with Crippen molar-refractivity contribution in [2.45, 2.75) is 19.9 Å². The lowest BCUT2D eigenvalue weighted by molar-refractivity contribution is -0.130. The van der Waals surface area contributed by atoms with E-state index in [2.05, 4.69) is 4.98 Å². The lowest BCUT2D eigenvalue weighted by Crippen LogP contribution is -2.27. The highest BCUT2D eigenvalue weighted by Crippen LogP contribution is 2.29.